The van der Waals surface area contributed by atoms with Crippen LogP contribution in [0.25, 0.3) is 16.7 Å². The van der Waals surface area contributed by atoms with Crippen LogP contribution in [-0.4, -0.2) is 45.7 Å². The van der Waals surface area contributed by atoms with E-state index in [1.807, 2.05) is 22.7 Å². The molecule has 1 aliphatic heterocycles. The highest BCUT2D eigenvalue weighted by Gasteiger charge is 2.32. The van der Waals surface area contributed by atoms with Crippen molar-refractivity contribution in [2.24, 2.45) is 0 Å². The Hall–Kier alpha value is -3.40. The van der Waals surface area contributed by atoms with Crippen molar-refractivity contribution in [3.05, 3.63) is 60.2 Å². The zero-order chi connectivity index (χ0) is 22.3. The molecule has 4 aromatic rings. The molecule has 3 aromatic heterocycles. The summed E-state index contributed by atoms with van der Waals surface area (Å²) >= 11 is 0. The molecule has 7 nitrogen and oxygen atoms in total. The van der Waals surface area contributed by atoms with Crippen LogP contribution in [0.5, 0.6) is 0 Å². The van der Waals surface area contributed by atoms with E-state index in [9.17, 15) is 13.2 Å². The number of nitrogens with zero attached hydrogens (tertiary/aromatic N) is 5. The Balaban J connectivity index is 1.55. The van der Waals surface area contributed by atoms with E-state index in [1.54, 1.807) is 19.2 Å². The molecule has 0 amide bonds. The first-order valence-electron chi connectivity index (χ1n) is 10.3. The lowest BCUT2D eigenvalue weighted by molar-refractivity contribution is -0.141. The molecule has 0 saturated carbocycles. The highest BCUT2D eigenvalue weighted by Crippen LogP contribution is 2.32. The van der Waals surface area contributed by atoms with Crippen molar-refractivity contribution >= 4 is 28.2 Å². The number of morpholine rings is 1. The van der Waals surface area contributed by atoms with Crippen molar-refractivity contribution in [2.75, 3.05) is 36.5 Å². The molecule has 4 heterocycles. The Morgan fingerprint density at radius 2 is 1.91 bits per heavy atom. The van der Waals surface area contributed by atoms with E-state index in [1.165, 1.54) is 6.07 Å². The van der Waals surface area contributed by atoms with Gasteiger partial charge < -0.3 is 15.0 Å². The molecule has 0 bridgehead atoms. The van der Waals surface area contributed by atoms with Gasteiger partial charge >= 0.3 is 6.18 Å². The lowest BCUT2D eigenvalue weighted by atomic mass is 10.1. The lowest BCUT2D eigenvalue weighted by Crippen LogP contribution is -2.36. The first-order chi connectivity index (χ1) is 15.4. The Morgan fingerprint density at radius 1 is 1.09 bits per heavy atom. The molecule has 1 aliphatic rings. The second-order valence-corrected chi connectivity index (χ2v) is 7.67. The second kappa shape index (κ2) is 7.94. The lowest BCUT2D eigenvalue weighted by Gasteiger charge is -2.29. The number of imidazole rings is 1. The number of anilines is 2. The molecule has 1 aromatic carbocycles. The van der Waals surface area contributed by atoms with Gasteiger partial charge in [-0.1, -0.05) is 6.07 Å². The number of nitrogens with one attached hydrogen (secondary N) is 1. The summed E-state index contributed by atoms with van der Waals surface area (Å²) in [5.41, 5.74) is 1.30. The topological polar surface area (TPSA) is 67.6 Å². The van der Waals surface area contributed by atoms with Crippen molar-refractivity contribution < 1.29 is 17.9 Å². The molecular formula is C22H21F3N6O. The number of pyridine rings is 1. The fourth-order valence-electron chi connectivity index (χ4n) is 3.91. The van der Waals surface area contributed by atoms with E-state index in [0.717, 1.165) is 35.7 Å². The maximum absolute atomic E-state index is 13.1. The summed E-state index contributed by atoms with van der Waals surface area (Å²) in [5.74, 6) is 1.05. The average molecular weight is 442 g/mol. The largest absolute Gasteiger partial charge is 0.433 e. The van der Waals surface area contributed by atoms with Crippen molar-refractivity contribution in [1.29, 1.82) is 0 Å². The number of benzene rings is 1. The van der Waals surface area contributed by atoms with E-state index in [-0.39, 0.29) is 5.69 Å². The van der Waals surface area contributed by atoms with E-state index in [2.05, 4.69) is 31.2 Å². The zero-order valence-corrected chi connectivity index (χ0v) is 17.3. The van der Waals surface area contributed by atoms with Gasteiger partial charge in [-0.15, -0.1) is 0 Å². The number of fused-ring (bicyclic) bond motifs is 3. The molecular weight excluding hydrogens is 421 g/mol. The van der Waals surface area contributed by atoms with Gasteiger partial charge in [0, 0.05) is 36.6 Å². The van der Waals surface area contributed by atoms with Crippen LogP contribution < -0.4 is 10.2 Å². The molecule has 32 heavy (non-hydrogen) atoms. The van der Waals surface area contributed by atoms with Crippen molar-refractivity contribution in [3.8, 4) is 0 Å². The summed E-state index contributed by atoms with van der Waals surface area (Å²) in [7, 11) is 0. The quantitative estimate of drug-likeness (QED) is 0.508. The monoisotopic (exact) mass is 442 g/mol. The Bertz CT molecular complexity index is 1270. The van der Waals surface area contributed by atoms with Gasteiger partial charge in [0.2, 0.25) is 5.78 Å². The molecule has 0 spiro atoms. The van der Waals surface area contributed by atoms with E-state index >= 15 is 0 Å². The van der Waals surface area contributed by atoms with Gasteiger partial charge in [-0.3, -0.25) is 4.40 Å². The number of ether oxygens (including phenoxy) is 1. The molecule has 0 radical (unpaired) electrons. The van der Waals surface area contributed by atoms with Crippen LogP contribution in [-0.2, 0) is 10.9 Å². The Labute approximate surface area is 181 Å². The van der Waals surface area contributed by atoms with E-state index in [0.29, 0.717) is 24.8 Å². The smallest absolute Gasteiger partial charge is 0.378 e. The standard InChI is InChI=1S/C22H21F3N6O/c1-14(17-3-2-4-19(28-17)22(23,24)25)27-20-16-13-15(30-9-11-32-12-10-30)5-6-18(16)31-8-7-26-21(31)29-20/h2-8,13-14H,9-12H2,1H3,(H,26,27,29). The minimum absolute atomic E-state index is 0.280. The average Bonchev–Trinajstić information content (AvgIpc) is 3.27. The molecule has 1 fully saturated rings. The summed E-state index contributed by atoms with van der Waals surface area (Å²) in [6.07, 6.45) is -0.998. The third-order valence-corrected chi connectivity index (χ3v) is 5.56. The van der Waals surface area contributed by atoms with Crippen LogP contribution >= 0.6 is 0 Å². The molecule has 1 atom stereocenters. The first kappa shape index (κ1) is 20.5. The van der Waals surface area contributed by atoms with Gasteiger partial charge in [0.25, 0.3) is 0 Å². The highest BCUT2D eigenvalue weighted by molar-refractivity contribution is 5.93. The van der Waals surface area contributed by atoms with Crippen LogP contribution in [0, 0.1) is 0 Å². The number of alkyl halides is 3. The van der Waals surface area contributed by atoms with Crippen molar-refractivity contribution in [3.63, 3.8) is 0 Å². The Kier molecular flexibility index (Phi) is 5.09. The van der Waals surface area contributed by atoms with Crippen LogP contribution in [0.1, 0.15) is 24.4 Å². The van der Waals surface area contributed by atoms with E-state index < -0.39 is 17.9 Å². The fourth-order valence-corrected chi connectivity index (χ4v) is 3.91. The van der Waals surface area contributed by atoms with Crippen LogP contribution in [0.15, 0.2) is 48.8 Å². The fraction of sp³-hybridized carbons (Fsp3) is 0.318. The maximum Gasteiger partial charge on any atom is 0.433 e. The molecule has 1 unspecified atom stereocenters. The Morgan fingerprint density at radius 3 is 2.69 bits per heavy atom. The van der Waals surface area contributed by atoms with Gasteiger partial charge in [-0.2, -0.15) is 18.2 Å². The highest BCUT2D eigenvalue weighted by atomic mass is 19.4. The normalized spacial score (nSPS) is 15.9. The second-order valence-electron chi connectivity index (χ2n) is 7.67. The predicted molar refractivity (Wildman–Crippen MR) is 115 cm³/mol. The van der Waals surface area contributed by atoms with Gasteiger partial charge in [-0.25, -0.2) is 9.97 Å². The number of rotatable bonds is 4. The molecule has 1 N–H and O–H groups in total. The van der Waals surface area contributed by atoms with E-state index in [4.69, 9.17) is 4.74 Å². The summed E-state index contributed by atoms with van der Waals surface area (Å²) in [6.45, 7) is 4.68. The summed E-state index contributed by atoms with van der Waals surface area (Å²) in [4.78, 5) is 15.0. The zero-order valence-electron chi connectivity index (χ0n) is 17.3. The maximum atomic E-state index is 13.1. The van der Waals surface area contributed by atoms with Crippen LogP contribution in [0.4, 0.5) is 24.7 Å². The van der Waals surface area contributed by atoms with Gasteiger partial charge in [0.1, 0.15) is 11.5 Å². The summed E-state index contributed by atoms with van der Waals surface area (Å²) in [6, 6.07) is 9.50. The SMILES string of the molecule is CC(Nc1nc2nccn2c2ccc(N3CCOCC3)cc12)c1cccc(C(F)(F)F)n1. The first-order valence-corrected chi connectivity index (χ1v) is 10.3. The number of halogens is 3. The third-order valence-electron chi connectivity index (χ3n) is 5.56. The predicted octanol–water partition coefficient (Wildman–Crippen LogP) is 4.31. The minimum atomic E-state index is -4.50. The molecule has 0 aliphatic carbocycles. The van der Waals surface area contributed by atoms with Gasteiger partial charge in [-0.05, 0) is 37.3 Å². The summed E-state index contributed by atoms with van der Waals surface area (Å²) < 4.78 is 46.7. The number of aromatic nitrogens is 4. The van der Waals surface area contributed by atoms with Crippen molar-refractivity contribution in [1.82, 2.24) is 19.4 Å². The van der Waals surface area contributed by atoms with Gasteiger partial charge in [0.15, 0.2) is 0 Å². The number of hydrogen-bond acceptors (Lipinski definition) is 6. The van der Waals surface area contributed by atoms with Crippen LogP contribution in [0.3, 0.4) is 0 Å². The molecule has 166 valence electrons. The number of hydrogen-bond donors (Lipinski definition) is 1. The molecule has 1 saturated heterocycles. The molecule has 10 heteroatoms. The minimum Gasteiger partial charge on any atom is -0.378 e. The summed E-state index contributed by atoms with van der Waals surface area (Å²) in [5, 5.41) is 4.10. The van der Waals surface area contributed by atoms with Gasteiger partial charge in [0.05, 0.1) is 30.5 Å². The third kappa shape index (κ3) is 3.81. The molecule has 5 rings (SSSR count). The van der Waals surface area contributed by atoms with Crippen LogP contribution in [0.2, 0.25) is 0 Å². The van der Waals surface area contributed by atoms with Crippen molar-refractivity contribution in [2.45, 2.75) is 19.1 Å².